The number of halogens is 2. The SMILES string of the molecule is CC(C(=O)Nc1ccc(Cl)cc1)N1CCN(CCOc2ccccc2Cl)CC1. The van der Waals surface area contributed by atoms with Crippen molar-refractivity contribution in [1.82, 2.24) is 9.80 Å². The molecule has 0 spiro atoms. The topological polar surface area (TPSA) is 44.8 Å². The number of benzene rings is 2. The van der Waals surface area contributed by atoms with Gasteiger partial charge in [0.25, 0.3) is 0 Å². The molecule has 1 N–H and O–H groups in total. The number of amides is 1. The first-order valence-corrected chi connectivity index (χ1v) is 10.2. The molecule has 150 valence electrons. The predicted molar refractivity (Wildman–Crippen MR) is 115 cm³/mol. The van der Waals surface area contributed by atoms with Crippen LogP contribution in [-0.4, -0.2) is 61.1 Å². The molecule has 1 amide bonds. The molecule has 1 aliphatic rings. The van der Waals surface area contributed by atoms with Crippen molar-refractivity contribution in [2.24, 2.45) is 0 Å². The monoisotopic (exact) mass is 421 g/mol. The Labute approximate surface area is 176 Å². The highest BCUT2D eigenvalue weighted by molar-refractivity contribution is 6.32. The summed E-state index contributed by atoms with van der Waals surface area (Å²) in [5.74, 6) is 0.716. The maximum atomic E-state index is 12.5. The first-order valence-electron chi connectivity index (χ1n) is 9.43. The van der Waals surface area contributed by atoms with Gasteiger partial charge in [0.05, 0.1) is 11.1 Å². The Kier molecular flexibility index (Phi) is 7.57. The van der Waals surface area contributed by atoms with Crippen LogP contribution in [0.15, 0.2) is 48.5 Å². The van der Waals surface area contributed by atoms with Gasteiger partial charge in [0.15, 0.2) is 0 Å². The summed E-state index contributed by atoms with van der Waals surface area (Å²) in [6.45, 7) is 6.89. The maximum absolute atomic E-state index is 12.5. The first kappa shape index (κ1) is 20.9. The second-order valence-electron chi connectivity index (χ2n) is 6.83. The smallest absolute Gasteiger partial charge is 0.241 e. The van der Waals surface area contributed by atoms with Crippen LogP contribution in [0.3, 0.4) is 0 Å². The summed E-state index contributed by atoms with van der Waals surface area (Å²) in [6, 6.07) is 14.5. The summed E-state index contributed by atoms with van der Waals surface area (Å²) < 4.78 is 5.77. The molecule has 0 bridgehead atoms. The van der Waals surface area contributed by atoms with Crippen LogP contribution in [0.1, 0.15) is 6.92 Å². The van der Waals surface area contributed by atoms with Crippen molar-refractivity contribution in [3.63, 3.8) is 0 Å². The summed E-state index contributed by atoms with van der Waals surface area (Å²) in [6.07, 6.45) is 0. The van der Waals surface area contributed by atoms with E-state index in [0.29, 0.717) is 16.7 Å². The van der Waals surface area contributed by atoms with Gasteiger partial charge in [-0.2, -0.15) is 0 Å². The van der Waals surface area contributed by atoms with Gasteiger partial charge < -0.3 is 10.1 Å². The Morgan fingerprint density at radius 1 is 1.07 bits per heavy atom. The standard InChI is InChI=1S/C21H25Cl2N3O2/c1-16(21(27)24-18-8-6-17(22)7-9-18)26-12-10-25(11-13-26)14-15-28-20-5-3-2-4-19(20)23/h2-9,16H,10-15H2,1H3,(H,24,27). The lowest BCUT2D eigenvalue weighted by atomic mass is 10.2. The normalized spacial score (nSPS) is 16.5. The molecule has 1 aliphatic heterocycles. The molecule has 0 saturated carbocycles. The first-order chi connectivity index (χ1) is 13.5. The maximum Gasteiger partial charge on any atom is 0.241 e. The zero-order chi connectivity index (χ0) is 19.9. The van der Waals surface area contributed by atoms with Crippen LogP contribution in [0.2, 0.25) is 10.0 Å². The van der Waals surface area contributed by atoms with E-state index in [-0.39, 0.29) is 11.9 Å². The minimum absolute atomic E-state index is 0.00201. The number of hydrogen-bond acceptors (Lipinski definition) is 4. The molecule has 1 heterocycles. The minimum Gasteiger partial charge on any atom is -0.491 e. The van der Waals surface area contributed by atoms with Crippen molar-refractivity contribution in [2.45, 2.75) is 13.0 Å². The molecule has 0 radical (unpaired) electrons. The fraction of sp³-hybridized carbons (Fsp3) is 0.381. The van der Waals surface area contributed by atoms with Crippen molar-refractivity contribution in [2.75, 3.05) is 44.6 Å². The van der Waals surface area contributed by atoms with Gasteiger partial charge in [0, 0.05) is 43.4 Å². The van der Waals surface area contributed by atoms with E-state index in [1.165, 1.54) is 0 Å². The molecule has 3 rings (SSSR count). The van der Waals surface area contributed by atoms with Crippen LogP contribution in [0.4, 0.5) is 5.69 Å². The minimum atomic E-state index is -0.183. The van der Waals surface area contributed by atoms with Gasteiger partial charge in [0.2, 0.25) is 5.91 Å². The molecule has 1 saturated heterocycles. The third kappa shape index (κ3) is 5.85. The largest absolute Gasteiger partial charge is 0.491 e. The van der Waals surface area contributed by atoms with Gasteiger partial charge in [-0.05, 0) is 43.3 Å². The van der Waals surface area contributed by atoms with E-state index in [4.69, 9.17) is 27.9 Å². The summed E-state index contributed by atoms with van der Waals surface area (Å²) in [7, 11) is 0. The van der Waals surface area contributed by atoms with Gasteiger partial charge >= 0.3 is 0 Å². The van der Waals surface area contributed by atoms with Gasteiger partial charge in [-0.15, -0.1) is 0 Å². The number of hydrogen-bond donors (Lipinski definition) is 1. The van der Waals surface area contributed by atoms with Crippen LogP contribution in [0.5, 0.6) is 5.75 Å². The average Bonchev–Trinajstić information content (AvgIpc) is 2.71. The molecule has 0 aromatic heterocycles. The van der Waals surface area contributed by atoms with E-state index in [2.05, 4.69) is 15.1 Å². The lowest BCUT2D eigenvalue weighted by molar-refractivity contribution is -0.121. The summed E-state index contributed by atoms with van der Waals surface area (Å²) in [4.78, 5) is 17.1. The molecule has 0 aliphatic carbocycles. The van der Waals surface area contributed by atoms with Crippen LogP contribution in [0.25, 0.3) is 0 Å². The van der Waals surface area contributed by atoms with Crippen LogP contribution < -0.4 is 10.1 Å². The zero-order valence-electron chi connectivity index (χ0n) is 15.9. The molecule has 1 atom stereocenters. The number of carbonyl (C=O) groups excluding carboxylic acids is 1. The lowest BCUT2D eigenvalue weighted by Crippen LogP contribution is -2.53. The number of ether oxygens (including phenoxy) is 1. The second-order valence-corrected chi connectivity index (χ2v) is 7.67. The molecule has 1 unspecified atom stereocenters. The summed E-state index contributed by atoms with van der Waals surface area (Å²) in [5, 5.41) is 4.24. The van der Waals surface area contributed by atoms with Gasteiger partial charge in [0.1, 0.15) is 12.4 Å². The fourth-order valence-electron chi connectivity index (χ4n) is 3.17. The molecular formula is C21H25Cl2N3O2. The Bertz CT molecular complexity index is 777. The molecule has 1 fully saturated rings. The van der Waals surface area contributed by atoms with Gasteiger partial charge in [-0.25, -0.2) is 0 Å². The van der Waals surface area contributed by atoms with E-state index >= 15 is 0 Å². The number of rotatable bonds is 7. The Morgan fingerprint density at radius 3 is 2.43 bits per heavy atom. The van der Waals surface area contributed by atoms with Crippen LogP contribution >= 0.6 is 23.2 Å². The average molecular weight is 422 g/mol. The van der Waals surface area contributed by atoms with Crippen molar-refractivity contribution in [3.8, 4) is 5.75 Å². The zero-order valence-corrected chi connectivity index (χ0v) is 17.4. The van der Waals surface area contributed by atoms with E-state index in [1.54, 1.807) is 12.1 Å². The number of carbonyl (C=O) groups is 1. The van der Waals surface area contributed by atoms with Crippen LogP contribution in [0, 0.1) is 0 Å². The molecule has 28 heavy (non-hydrogen) atoms. The second kappa shape index (κ2) is 10.1. The van der Waals surface area contributed by atoms with E-state index in [0.717, 1.165) is 44.2 Å². The highest BCUT2D eigenvalue weighted by atomic mass is 35.5. The third-order valence-electron chi connectivity index (χ3n) is 4.95. The number of nitrogens with one attached hydrogen (secondary N) is 1. The van der Waals surface area contributed by atoms with Crippen molar-refractivity contribution in [3.05, 3.63) is 58.6 Å². The van der Waals surface area contributed by atoms with Crippen molar-refractivity contribution < 1.29 is 9.53 Å². The van der Waals surface area contributed by atoms with Gasteiger partial charge in [-0.3, -0.25) is 14.6 Å². The molecule has 7 heteroatoms. The van der Waals surface area contributed by atoms with E-state index in [1.807, 2.05) is 43.3 Å². The van der Waals surface area contributed by atoms with Gasteiger partial charge in [-0.1, -0.05) is 35.3 Å². The summed E-state index contributed by atoms with van der Waals surface area (Å²) >= 11 is 12.0. The number of para-hydroxylation sites is 1. The highest BCUT2D eigenvalue weighted by Gasteiger charge is 2.25. The van der Waals surface area contributed by atoms with E-state index in [9.17, 15) is 4.79 Å². The molecule has 2 aromatic carbocycles. The number of piperazine rings is 1. The lowest BCUT2D eigenvalue weighted by Gasteiger charge is -2.37. The molecule has 5 nitrogen and oxygen atoms in total. The molecule has 2 aromatic rings. The third-order valence-corrected chi connectivity index (χ3v) is 5.51. The highest BCUT2D eigenvalue weighted by Crippen LogP contribution is 2.23. The molecular weight excluding hydrogens is 397 g/mol. The Morgan fingerprint density at radius 2 is 1.75 bits per heavy atom. The Balaban J connectivity index is 1.39. The summed E-state index contributed by atoms with van der Waals surface area (Å²) in [5.41, 5.74) is 0.761. The number of anilines is 1. The van der Waals surface area contributed by atoms with Crippen molar-refractivity contribution in [1.29, 1.82) is 0 Å². The quantitative estimate of drug-likeness (QED) is 0.732. The fourth-order valence-corrected chi connectivity index (χ4v) is 3.48. The Hall–Kier alpha value is -1.79. The number of nitrogens with zero attached hydrogens (tertiary/aromatic N) is 2. The van der Waals surface area contributed by atoms with Crippen LogP contribution in [-0.2, 0) is 4.79 Å². The van der Waals surface area contributed by atoms with E-state index < -0.39 is 0 Å². The van der Waals surface area contributed by atoms with Crippen molar-refractivity contribution >= 4 is 34.8 Å². The predicted octanol–water partition coefficient (Wildman–Crippen LogP) is 4.02.